The molecule has 2 N–H and O–H groups in total. The van der Waals surface area contributed by atoms with E-state index in [1.165, 1.54) is 0 Å². The first-order valence-corrected chi connectivity index (χ1v) is 8.94. The van der Waals surface area contributed by atoms with E-state index < -0.39 is 0 Å². The van der Waals surface area contributed by atoms with E-state index in [9.17, 15) is 4.79 Å². The van der Waals surface area contributed by atoms with Gasteiger partial charge >= 0.3 is 0 Å². The molecular weight excluding hydrogens is 364 g/mol. The SMILES string of the molecule is Cc1c(C(=O)NCCc2nc(-c3ccccc3)no2)[nH]c2c(Cl)cccc12. The third-order valence-corrected chi connectivity index (χ3v) is 4.71. The molecule has 0 saturated heterocycles. The van der Waals surface area contributed by atoms with Crippen molar-refractivity contribution in [1.82, 2.24) is 20.4 Å². The number of rotatable bonds is 5. The zero-order valence-corrected chi connectivity index (χ0v) is 15.4. The number of fused-ring (bicyclic) bond motifs is 1. The fourth-order valence-electron chi connectivity index (χ4n) is 2.98. The van der Waals surface area contributed by atoms with Crippen LogP contribution in [0, 0.1) is 6.92 Å². The Morgan fingerprint density at radius 2 is 2.00 bits per heavy atom. The molecule has 136 valence electrons. The lowest BCUT2D eigenvalue weighted by molar-refractivity contribution is 0.0948. The number of H-pyrrole nitrogens is 1. The number of para-hydroxylation sites is 1. The Hall–Kier alpha value is -3.12. The number of halogens is 1. The van der Waals surface area contributed by atoms with Crippen molar-refractivity contribution in [2.45, 2.75) is 13.3 Å². The van der Waals surface area contributed by atoms with Crippen molar-refractivity contribution in [3.8, 4) is 11.4 Å². The third kappa shape index (κ3) is 3.44. The van der Waals surface area contributed by atoms with Gasteiger partial charge < -0.3 is 14.8 Å². The Kier molecular flexibility index (Phi) is 4.64. The number of carbonyl (C=O) groups excluding carboxylic acids is 1. The van der Waals surface area contributed by atoms with Gasteiger partial charge in [-0.2, -0.15) is 4.98 Å². The summed E-state index contributed by atoms with van der Waals surface area (Å²) in [6, 6.07) is 15.2. The van der Waals surface area contributed by atoms with Gasteiger partial charge in [-0.25, -0.2) is 0 Å². The molecule has 0 radical (unpaired) electrons. The Morgan fingerprint density at radius 3 is 2.78 bits per heavy atom. The molecule has 4 aromatic rings. The summed E-state index contributed by atoms with van der Waals surface area (Å²) in [4.78, 5) is 20.0. The average Bonchev–Trinajstić information content (AvgIpc) is 3.29. The van der Waals surface area contributed by atoms with Crippen molar-refractivity contribution in [1.29, 1.82) is 0 Å². The highest BCUT2D eigenvalue weighted by molar-refractivity contribution is 6.35. The largest absolute Gasteiger partial charge is 0.350 e. The summed E-state index contributed by atoms with van der Waals surface area (Å²) >= 11 is 6.19. The van der Waals surface area contributed by atoms with E-state index in [1.54, 1.807) is 6.07 Å². The Bertz CT molecular complexity index is 1100. The predicted molar refractivity (Wildman–Crippen MR) is 104 cm³/mol. The van der Waals surface area contributed by atoms with Crippen LogP contribution in [0.15, 0.2) is 53.1 Å². The summed E-state index contributed by atoms with van der Waals surface area (Å²) < 4.78 is 5.26. The molecule has 27 heavy (non-hydrogen) atoms. The van der Waals surface area contributed by atoms with Gasteiger partial charge in [-0.1, -0.05) is 59.2 Å². The predicted octanol–water partition coefficient (Wildman–Crippen LogP) is 4.15. The van der Waals surface area contributed by atoms with Crippen molar-refractivity contribution >= 4 is 28.4 Å². The molecule has 1 amide bonds. The molecule has 4 rings (SSSR count). The molecular formula is C20H17ClN4O2. The van der Waals surface area contributed by atoms with E-state index in [1.807, 2.05) is 49.4 Å². The number of nitrogens with one attached hydrogen (secondary N) is 2. The molecule has 0 spiro atoms. The van der Waals surface area contributed by atoms with E-state index in [-0.39, 0.29) is 5.91 Å². The molecule has 7 heteroatoms. The van der Waals surface area contributed by atoms with Gasteiger partial charge in [0.1, 0.15) is 5.69 Å². The van der Waals surface area contributed by atoms with Gasteiger partial charge in [0, 0.05) is 23.9 Å². The van der Waals surface area contributed by atoms with Crippen LogP contribution in [-0.2, 0) is 6.42 Å². The zero-order chi connectivity index (χ0) is 18.8. The van der Waals surface area contributed by atoms with E-state index in [0.717, 1.165) is 22.0 Å². The van der Waals surface area contributed by atoms with Gasteiger partial charge in [0.2, 0.25) is 11.7 Å². The average molecular weight is 381 g/mol. The second-order valence-corrected chi connectivity index (χ2v) is 6.58. The Balaban J connectivity index is 1.41. The summed E-state index contributed by atoms with van der Waals surface area (Å²) in [5.74, 6) is 0.825. The molecule has 2 aromatic heterocycles. The fraction of sp³-hybridized carbons (Fsp3) is 0.150. The Labute approximate surface area is 160 Å². The number of benzene rings is 2. The molecule has 2 heterocycles. The highest BCUT2D eigenvalue weighted by Gasteiger charge is 2.16. The van der Waals surface area contributed by atoms with Crippen LogP contribution in [0.25, 0.3) is 22.3 Å². The quantitative estimate of drug-likeness (QED) is 0.544. The van der Waals surface area contributed by atoms with Crippen molar-refractivity contribution in [3.05, 3.63) is 70.7 Å². The number of nitrogens with zero attached hydrogens (tertiary/aromatic N) is 2. The lowest BCUT2D eigenvalue weighted by Gasteiger charge is -2.02. The van der Waals surface area contributed by atoms with Crippen molar-refractivity contribution < 1.29 is 9.32 Å². The minimum Gasteiger partial charge on any atom is -0.350 e. The topological polar surface area (TPSA) is 83.8 Å². The van der Waals surface area contributed by atoms with Crippen LogP contribution in [0.4, 0.5) is 0 Å². The standard InChI is InChI=1S/C20H17ClN4O2/c1-12-14-8-5-9-15(21)18(14)24-17(12)20(26)22-11-10-16-23-19(25-27-16)13-6-3-2-4-7-13/h2-9,24H,10-11H2,1H3,(H,22,26). The second-order valence-electron chi connectivity index (χ2n) is 6.17. The lowest BCUT2D eigenvalue weighted by Crippen LogP contribution is -2.26. The molecule has 0 aliphatic heterocycles. The normalized spacial score (nSPS) is 11.0. The minimum absolute atomic E-state index is 0.192. The number of carbonyl (C=O) groups is 1. The van der Waals surface area contributed by atoms with E-state index in [2.05, 4.69) is 20.4 Å². The Morgan fingerprint density at radius 1 is 1.19 bits per heavy atom. The molecule has 6 nitrogen and oxygen atoms in total. The van der Waals surface area contributed by atoms with Gasteiger partial charge in [0.25, 0.3) is 5.91 Å². The van der Waals surface area contributed by atoms with Gasteiger partial charge in [-0.3, -0.25) is 4.79 Å². The number of aryl methyl sites for hydroxylation is 1. The number of amides is 1. The van der Waals surface area contributed by atoms with E-state index in [0.29, 0.717) is 35.4 Å². The molecule has 0 saturated carbocycles. The molecule has 0 fully saturated rings. The van der Waals surface area contributed by atoms with E-state index >= 15 is 0 Å². The van der Waals surface area contributed by atoms with Crippen LogP contribution < -0.4 is 5.32 Å². The number of hydrogen-bond donors (Lipinski definition) is 2. The first kappa shape index (κ1) is 17.3. The van der Waals surface area contributed by atoms with Crippen LogP contribution in [0.3, 0.4) is 0 Å². The van der Waals surface area contributed by atoms with Gasteiger partial charge in [-0.05, 0) is 18.6 Å². The highest BCUT2D eigenvalue weighted by atomic mass is 35.5. The number of hydrogen-bond acceptors (Lipinski definition) is 4. The smallest absolute Gasteiger partial charge is 0.268 e. The molecule has 2 aromatic carbocycles. The van der Waals surface area contributed by atoms with Crippen LogP contribution >= 0.6 is 11.6 Å². The van der Waals surface area contributed by atoms with E-state index in [4.69, 9.17) is 16.1 Å². The third-order valence-electron chi connectivity index (χ3n) is 4.39. The summed E-state index contributed by atoms with van der Waals surface area (Å²) in [7, 11) is 0. The van der Waals surface area contributed by atoms with Crippen molar-refractivity contribution in [3.63, 3.8) is 0 Å². The van der Waals surface area contributed by atoms with Crippen molar-refractivity contribution in [2.24, 2.45) is 0 Å². The number of aromatic amines is 1. The first-order chi connectivity index (χ1) is 13.1. The van der Waals surface area contributed by atoms with Crippen LogP contribution in [-0.4, -0.2) is 27.6 Å². The molecule has 0 bridgehead atoms. The number of aromatic nitrogens is 3. The maximum Gasteiger partial charge on any atom is 0.268 e. The zero-order valence-electron chi connectivity index (χ0n) is 14.6. The molecule has 0 aliphatic carbocycles. The first-order valence-electron chi connectivity index (χ1n) is 8.56. The maximum atomic E-state index is 12.5. The maximum absolute atomic E-state index is 12.5. The summed E-state index contributed by atoms with van der Waals surface area (Å²) in [5, 5.41) is 8.39. The van der Waals surface area contributed by atoms with Crippen LogP contribution in [0.2, 0.25) is 5.02 Å². The lowest BCUT2D eigenvalue weighted by atomic mass is 10.1. The highest BCUT2D eigenvalue weighted by Crippen LogP contribution is 2.27. The monoisotopic (exact) mass is 380 g/mol. The summed E-state index contributed by atoms with van der Waals surface area (Å²) in [6.07, 6.45) is 0.450. The summed E-state index contributed by atoms with van der Waals surface area (Å²) in [6.45, 7) is 2.28. The van der Waals surface area contributed by atoms with Gasteiger partial charge in [-0.15, -0.1) is 0 Å². The molecule has 0 unspecified atom stereocenters. The van der Waals surface area contributed by atoms with Crippen molar-refractivity contribution in [2.75, 3.05) is 6.54 Å². The van der Waals surface area contributed by atoms with Crippen LogP contribution in [0.1, 0.15) is 21.9 Å². The fourth-order valence-corrected chi connectivity index (χ4v) is 3.20. The minimum atomic E-state index is -0.192. The second kappa shape index (κ2) is 7.25. The molecule has 0 atom stereocenters. The summed E-state index contributed by atoms with van der Waals surface area (Å²) in [5.41, 5.74) is 3.04. The van der Waals surface area contributed by atoms with Crippen LogP contribution in [0.5, 0.6) is 0 Å². The van der Waals surface area contributed by atoms with Gasteiger partial charge in [0.15, 0.2) is 0 Å². The van der Waals surface area contributed by atoms with Gasteiger partial charge in [0.05, 0.1) is 10.5 Å². The molecule has 0 aliphatic rings.